The predicted molar refractivity (Wildman–Crippen MR) is 111 cm³/mol. The Kier molecular flexibility index (Phi) is 5.57. The van der Waals surface area contributed by atoms with Gasteiger partial charge in [0, 0.05) is 31.0 Å². The lowest BCUT2D eigenvalue weighted by Gasteiger charge is -2.14. The van der Waals surface area contributed by atoms with Crippen molar-refractivity contribution in [2.45, 2.75) is 13.5 Å². The topological polar surface area (TPSA) is 52.6 Å². The largest absolute Gasteiger partial charge is 0.392 e. The minimum atomic E-state index is -0.141. The molecule has 0 unspecified atom stereocenters. The zero-order chi connectivity index (χ0) is 19.4. The van der Waals surface area contributed by atoms with Crippen molar-refractivity contribution in [2.75, 3.05) is 24.3 Å². The van der Waals surface area contributed by atoms with Gasteiger partial charge < -0.3 is 15.3 Å². The van der Waals surface area contributed by atoms with Crippen LogP contribution in [0.1, 0.15) is 21.5 Å². The van der Waals surface area contributed by atoms with Crippen LogP contribution in [0, 0.1) is 6.92 Å². The molecule has 0 aliphatic carbocycles. The Bertz CT molecular complexity index is 964. The van der Waals surface area contributed by atoms with E-state index in [1.807, 2.05) is 92.6 Å². The van der Waals surface area contributed by atoms with Gasteiger partial charge in [-0.1, -0.05) is 30.3 Å². The van der Waals surface area contributed by atoms with Crippen molar-refractivity contribution in [3.63, 3.8) is 0 Å². The van der Waals surface area contributed by atoms with Gasteiger partial charge in [0.1, 0.15) is 0 Å². The van der Waals surface area contributed by atoms with Gasteiger partial charge in [-0.15, -0.1) is 0 Å². The van der Waals surface area contributed by atoms with Crippen molar-refractivity contribution in [3.8, 4) is 11.1 Å². The SMILES string of the molecule is Cc1ccc(NC(=O)c2cccc(N(C)C)c2)cc1-c1cccc(CO)c1. The zero-order valence-electron chi connectivity index (χ0n) is 15.9. The highest BCUT2D eigenvalue weighted by molar-refractivity contribution is 6.05. The Morgan fingerprint density at radius 3 is 2.52 bits per heavy atom. The first-order valence-electron chi connectivity index (χ1n) is 8.87. The summed E-state index contributed by atoms with van der Waals surface area (Å²) in [4.78, 5) is 14.6. The summed E-state index contributed by atoms with van der Waals surface area (Å²) >= 11 is 0. The van der Waals surface area contributed by atoms with Crippen LogP contribution in [-0.4, -0.2) is 25.1 Å². The van der Waals surface area contributed by atoms with E-state index in [1.54, 1.807) is 0 Å². The molecule has 0 saturated carbocycles. The molecule has 1 amide bonds. The quantitative estimate of drug-likeness (QED) is 0.706. The normalized spacial score (nSPS) is 10.5. The number of rotatable bonds is 5. The van der Waals surface area contributed by atoms with E-state index in [9.17, 15) is 9.90 Å². The maximum atomic E-state index is 12.7. The molecule has 0 aliphatic rings. The van der Waals surface area contributed by atoms with Crippen LogP contribution in [0.5, 0.6) is 0 Å². The average Bonchev–Trinajstić information content (AvgIpc) is 2.69. The van der Waals surface area contributed by atoms with E-state index in [1.165, 1.54) is 0 Å². The molecule has 0 fully saturated rings. The fourth-order valence-corrected chi connectivity index (χ4v) is 2.98. The van der Waals surface area contributed by atoms with Crippen LogP contribution in [0.15, 0.2) is 66.7 Å². The van der Waals surface area contributed by atoms with Gasteiger partial charge in [0.05, 0.1) is 6.61 Å². The predicted octanol–water partition coefficient (Wildman–Crippen LogP) is 4.47. The molecule has 3 aromatic rings. The van der Waals surface area contributed by atoms with E-state index >= 15 is 0 Å². The maximum absolute atomic E-state index is 12.7. The molecule has 0 aliphatic heterocycles. The molecule has 0 bridgehead atoms. The molecule has 0 spiro atoms. The number of hydrogen-bond acceptors (Lipinski definition) is 3. The van der Waals surface area contributed by atoms with Crippen LogP contribution in [0.3, 0.4) is 0 Å². The van der Waals surface area contributed by atoms with Gasteiger partial charge in [0.25, 0.3) is 5.91 Å². The van der Waals surface area contributed by atoms with E-state index in [0.29, 0.717) is 5.56 Å². The van der Waals surface area contributed by atoms with Crippen molar-refractivity contribution in [3.05, 3.63) is 83.4 Å². The van der Waals surface area contributed by atoms with E-state index < -0.39 is 0 Å². The van der Waals surface area contributed by atoms with Gasteiger partial charge in [-0.3, -0.25) is 4.79 Å². The monoisotopic (exact) mass is 360 g/mol. The molecule has 0 radical (unpaired) electrons. The van der Waals surface area contributed by atoms with Gasteiger partial charge in [0.15, 0.2) is 0 Å². The Labute approximate surface area is 160 Å². The van der Waals surface area contributed by atoms with Gasteiger partial charge in [-0.2, -0.15) is 0 Å². The van der Waals surface area contributed by atoms with Crippen LogP contribution in [0.25, 0.3) is 11.1 Å². The summed E-state index contributed by atoms with van der Waals surface area (Å²) in [6.07, 6.45) is 0. The molecular weight excluding hydrogens is 336 g/mol. The van der Waals surface area contributed by atoms with Crippen LogP contribution < -0.4 is 10.2 Å². The number of aliphatic hydroxyl groups excluding tert-OH is 1. The molecule has 0 heterocycles. The summed E-state index contributed by atoms with van der Waals surface area (Å²) in [5.41, 5.74) is 6.36. The standard InChI is InChI=1S/C23H24N2O2/c1-16-10-11-20(14-22(16)18-7-4-6-17(12-18)15-26)24-23(27)19-8-5-9-21(13-19)25(2)3/h4-14,26H,15H2,1-3H3,(H,24,27). The highest BCUT2D eigenvalue weighted by atomic mass is 16.3. The summed E-state index contributed by atoms with van der Waals surface area (Å²) in [5.74, 6) is -0.141. The average molecular weight is 360 g/mol. The third-order valence-electron chi connectivity index (χ3n) is 4.54. The first-order valence-corrected chi connectivity index (χ1v) is 8.87. The summed E-state index contributed by atoms with van der Waals surface area (Å²) in [7, 11) is 3.90. The second-order valence-electron chi connectivity index (χ2n) is 6.79. The molecule has 138 valence electrons. The highest BCUT2D eigenvalue weighted by Crippen LogP contribution is 2.28. The zero-order valence-corrected chi connectivity index (χ0v) is 15.9. The number of benzene rings is 3. The lowest BCUT2D eigenvalue weighted by Crippen LogP contribution is -2.14. The summed E-state index contributed by atoms with van der Waals surface area (Å²) in [5, 5.41) is 12.4. The van der Waals surface area contributed by atoms with Crippen LogP contribution >= 0.6 is 0 Å². The number of aryl methyl sites for hydroxylation is 1. The summed E-state index contributed by atoms with van der Waals surface area (Å²) in [6, 6.07) is 21.2. The molecule has 3 aromatic carbocycles. The number of aliphatic hydroxyl groups is 1. The molecule has 0 atom stereocenters. The second kappa shape index (κ2) is 8.06. The minimum Gasteiger partial charge on any atom is -0.392 e. The summed E-state index contributed by atoms with van der Waals surface area (Å²) < 4.78 is 0. The first-order chi connectivity index (χ1) is 13.0. The van der Waals surface area contributed by atoms with Gasteiger partial charge in [0.2, 0.25) is 0 Å². The lowest BCUT2D eigenvalue weighted by atomic mass is 9.98. The molecule has 27 heavy (non-hydrogen) atoms. The number of anilines is 2. The molecule has 3 rings (SSSR count). The van der Waals surface area contributed by atoms with Crippen LogP contribution in [0.4, 0.5) is 11.4 Å². The Hall–Kier alpha value is -3.11. The third kappa shape index (κ3) is 4.36. The number of nitrogens with zero attached hydrogens (tertiary/aromatic N) is 1. The fraction of sp³-hybridized carbons (Fsp3) is 0.174. The van der Waals surface area contributed by atoms with Gasteiger partial charge in [-0.25, -0.2) is 0 Å². The maximum Gasteiger partial charge on any atom is 0.255 e. The van der Waals surface area contributed by atoms with Gasteiger partial charge >= 0.3 is 0 Å². The molecule has 0 aromatic heterocycles. The third-order valence-corrected chi connectivity index (χ3v) is 4.54. The number of hydrogen-bond donors (Lipinski definition) is 2. The number of carbonyl (C=O) groups excluding carboxylic acids is 1. The molecule has 2 N–H and O–H groups in total. The van der Waals surface area contributed by atoms with Crippen LogP contribution in [0.2, 0.25) is 0 Å². The molecular formula is C23H24N2O2. The number of carbonyl (C=O) groups is 1. The molecule has 0 saturated heterocycles. The van der Waals surface area contributed by atoms with Crippen molar-refractivity contribution in [1.82, 2.24) is 0 Å². The fourth-order valence-electron chi connectivity index (χ4n) is 2.98. The molecule has 4 heteroatoms. The lowest BCUT2D eigenvalue weighted by molar-refractivity contribution is 0.102. The van der Waals surface area contributed by atoms with Crippen molar-refractivity contribution < 1.29 is 9.90 Å². The van der Waals surface area contributed by atoms with E-state index in [0.717, 1.165) is 33.6 Å². The second-order valence-corrected chi connectivity index (χ2v) is 6.79. The first kappa shape index (κ1) is 18.7. The smallest absolute Gasteiger partial charge is 0.255 e. The highest BCUT2D eigenvalue weighted by Gasteiger charge is 2.10. The van der Waals surface area contributed by atoms with Crippen molar-refractivity contribution >= 4 is 17.3 Å². The van der Waals surface area contributed by atoms with Crippen molar-refractivity contribution in [2.24, 2.45) is 0 Å². The molecule has 4 nitrogen and oxygen atoms in total. The van der Waals surface area contributed by atoms with Crippen LogP contribution in [-0.2, 0) is 6.61 Å². The Morgan fingerprint density at radius 2 is 1.78 bits per heavy atom. The Balaban J connectivity index is 1.88. The van der Waals surface area contributed by atoms with E-state index in [4.69, 9.17) is 0 Å². The van der Waals surface area contributed by atoms with E-state index in [2.05, 4.69) is 5.32 Å². The Morgan fingerprint density at radius 1 is 1.00 bits per heavy atom. The van der Waals surface area contributed by atoms with E-state index in [-0.39, 0.29) is 12.5 Å². The number of nitrogens with one attached hydrogen (secondary N) is 1. The minimum absolute atomic E-state index is 0.00549. The van der Waals surface area contributed by atoms with Crippen molar-refractivity contribution in [1.29, 1.82) is 0 Å². The summed E-state index contributed by atoms with van der Waals surface area (Å²) in [6.45, 7) is 2.04. The van der Waals surface area contributed by atoms with Gasteiger partial charge in [-0.05, 0) is 65.6 Å². The number of amides is 1.